The predicted molar refractivity (Wildman–Crippen MR) is 65.3 cm³/mol. The summed E-state index contributed by atoms with van der Waals surface area (Å²) in [5, 5.41) is 6.77. The third kappa shape index (κ3) is 3.28. The van der Waals surface area contributed by atoms with Gasteiger partial charge in [0.05, 0.1) is 12.7 Å². The number of nitrogens with two attached hydrogens (primary N) is 1. The molecule has 2 aliphatic rings. The zero-order valence-electron chi connectivity index (χ0n) is 9.99. The van der Waals surface area contributed by atoms with Crippen LogP contribution >= 0.6 is 0 Å². The Bertz CT molecular complexity index is 238. The summed E-state index contributed by atoms with van der Waals surface area (Å²) in [5.41, 5.74) is 5.70. The van der Waals surface area contributed by atoms with Gasteiger partial charge >= 0.3 is 0 Å². The molecule has 92 valence electrons. The van der Waals surface area contributed by atoms with E-state index in [-0.39, 0.29) is 12.1 Å². The van der Waals surface area contributed by atoms with Crippen LogP contribution in [0.15, 0.2) is 12.2 Å². The van der Waals surface area contributed by atoms with E-state index in [1.165, 1.54) is 12.8 Å². The van der Waals surface area contributed by atoms with Gasteiger partial charge in [0.1, 0.15) is 0 Å². The number of rotatable bonds is 5. The van der Waals surface area contributed by atoms with Crippen molar-refractivity contribution in [3.63, 3.8) is 0 Å². The van der Waals surface area contributed by atoms with Crippen molar-refractivity contribution in [2.75, 3.05) is 26.7 Å². The highest BCUT2D eigenvalue weighted by Crippen LogP contribution is 2.26. The van der Waals surface area contributed by atoms with Gasteiger partial charge in [-0.1, -0.05) is 12.2 Å². The maximum atomic E-state index is 5.70. The minimum absolute atomic E-state index is 0.0827. The highest BCUT2D eigenvalue weighted by atomic mass is 16.5. The molecule has 16 heavy (non-hydrogen) atoms. The minimum Gasteiger partial charge on any atom is -0.371 e. The molecule has 0 saturated heterocycles. The number of ether oxygens (including phenoxy) is 1. The average Bonchev–Trinajstić information content (AvgIpc) is 2.24. The molecular formula is C12H23N3O. The van der Waals surface area contributed by atoms with E-state index in [4.69, 9.17) is 10.5 Å². The lowest BCUT2D eigenvalue weighted by Gasteiger charge is -2.35. The van der Waals surface area contributed by atoms with E-state index in [1.54, 1.807) is 0 Å². The summed E-state index contributed by atoms with van der Waals surface area (Å²) in [6.45, 7) is 2.66. The zero-order chi connectivity index (χ0) is 11.4. The first-order valence-electron chi connectivity index (χ1n) is 6.21. The van der Waals surface area contributed by atoms with Crippen molar-refractivity contribution < 1.29 is 4.74 Å². The van der Waals surface area contributed by atoms with Crippen LogP contribution in [0.5, 0.6) is 0 Å². The fourth-order valence-electron chi connectivity index (χ4n) is 2.31. The molecule has 0 bridgehead atoms. The van der Waals surface area contributed by atoms with Gasteiger partial charge in [0.2, 0.25) is 0 Å². The van der Waals surface area contributed by atoms with E-state index in [0.717, 1.165) is 25.0 Å². The van der Waals surface area contributed by atoms with Gasteiger partial charge in [-0.25, -0.2) is 0 Å². The van der Waals surface area contributed by atoms with Crippen molar-refractivity contribution in [2.45, 2.75) is 31.0 Å². The van der Waals surface area contributed by atoms with Gasteiger partial charge in [-0.15, -0.1) is 0 Å². The Morgan fingerprint density at radius 1 is 1.31 bits per heavy atom. The van der Waals surface area contributed by atoms with Crippen LogP contribution in [-0.2, 0) is 4.74 Å². The number of hydrogen-bond acceptors (Lipinski definition) is 4. The molecule has 4 N–H and O–H groups in total. The first kappa shape index (κ1) is 12.0. The second-order valence-corrected chi connectivity index (χ2v) is 4.90. The Labute approximate surface area is 97.6 Å². The van der Waals surface area contributed by atoms with E-state index in [2.05, 4.69) is 16.7 Å². The van der Waals surface area contributed by atoms with Crippen LogP contribution in [0.3, 0.4) is 0 Å². The molecule has 2 unspecified atom stereocenters. The van der Waals surface area contributed by atoms with E-state index < -0.39 is 0 Å². The minimum atomic E-state index is 0.0827. The lowest BCUT2D eigenvalue weighted by molar-refractivity contribution is 0.0694. The van der Waals surface area contributed by atoms with Gasteiger partial charge < -0.3 is 21.1 Å². The van der Waals surface area contributed by atoms with Gasteiger partial charge in [-0.3, -0.25) is 0 Å². The van der Waals surface area contributed by atoms with E-state index >= 15 is 0 Å². The Balaban J connectivity index is 1.54. The first-order valence-corrected chi connectivity index (χ1v) is 6.21. The van der Waals surface area contributed by atoms with Crippen molar-refractivity contribution in [1.29, 1.82) is 0 Å². The molecule has 4 heteroatoms. The monoisotopic (exact) mass is 225 g/mol. The van der Waals surface area contributed by atoms with Crippen LogP contribution in [-0.4, -0.2) is 44.9 Å². The van der Waals surface area contributed by atoms with E-state index in [1.807, 2.05) is 13.1 Å². The predicted octanol–water partition coefficient (Wildman–Crippen LogP) is -0.144. The summed E-state index contributed by atoms with van der Waals surface area (Å²) < 4.78 is 5.58. The van der Waals surface area contributed by atoms with Crippen LogP contribution in [0.2, 0.25) is 0 Å². The molecule has 0 radical (unpaired) electrons. The van der Waals surface area contributed by atoms with Crippen molar-refractivity contribution in [1.82, 2.24) is 10.6 Å². The van der Waals surface area contributed by atoms with Crippen LogP contribution in [0, 0.1) is 5.92 Å². The number of nitrogens with one attached hydrogen (secondary N) is 2. The zero-order valence-corrected chi connectivity index (χ0v) is 9.99. The van der Waals surface area contributed by atoms with Crippen molar-refractivity contribution in [2.24, 2.45) is 11.7 Å². The van der Waals surface area contributed by atoms with Crippen LogP contribution in [0.1, 0.15) is 12.8 Å². The molecule has 1 heterocycles. The van der Waals surface area contributed by atoms with Gasteiger partial charge in [0, 0.05) is 18.6 Å². The molecule has 0 aromatic heterocycles. The fraction of sp³-hybridized carbons (Fsp3) is 0.833. The maximum absolute atomic E-state index is 5.70. The standard InChI is InChI=1S/C12H23N3O/c1-14-11-4-9(5-11)6-15-7-12-3-2-10(13)8-16-12/h2-3,9-12,14-15H,4-8,13H2,1H3. The summed E-state index contributed by atoms with van der Waals surface area (Å²) in [6.07, 6.45) is 6.92. The normalized spacial score (nSPS) is 38.4. The summed E-state index contributed by atoms with van der Waals surface area (Å²) in [6, 6.07) is 0.829. The van der Waals surface area contributed by atoms with E-state index in [0.29, 0.717) is 6.61 Å². The van der Waals surface area contributed by atoms with Crippen molar-refractivity contribution in [3.8, 4) is 0 Å². The van der Waals surface area contributed by atoms with Crippen LogP contribution in [0.4, 0.5) is 0 Å². The number of hydrogen-bond donors (Lipinski definition) is 3. The summed E-state index contributed by atoms with van der Waals surface area (Å²) in [7, 11) is 2.04. The highest BCUT2D eigenvalue weighted by molar-refractivity contribution is 5.01. The molecule has 1 fully saturated rings. The van der Waals surface area contributed by atoms with Gasteiger partial charge in [0.15, 0.2) is 0 Å². The molecule has 1 aliphatic carbocycles. The van der Waals surface area contributed by atoms with Crippen molar-refractivity contribution in [3.05, 3.63) is 12.2 Å². The molecular weight excluding hydrogens is 202 g/mol. The Morgan fingerprint density at radius 2 is 2.12 bits per heavy atom. The van der Waals surface area contributed by atoms with Crippen LogP contribution < -0.4 is 16.4 Å². The molecule has 0 spiro atoms. The smallest absolute Gasteiger partial charge is 0.0881 e. The molecule has 1 aliphatic heterocycles. The SMILES string of the molecule is CNC1CC(CNCC2C=CC(N)CO2)C1. The highest BCUT2D eigenvalue weighted by Gasteiger charge is 2.27. The Hall–Kier alpha value is -0.420. The maximum Gasteiger partial charge on any atom is 0.0881 e. The topological polar surface area (TPSA) is 59.3 Å². The Kier molecular flexibility index (Phi) is 4.35. The molecule has 0 aromatic rings. The second kappa shape index (κ2) is 5.77. The van der Waals surface area contributed by atoms with Crippen molar-refractivity contribution >= 4 is 0 Å². The molecule has 0 aromatic carbocycles. The van der Waals surface area contributed by atoms with Gasteiger partial charge in [-0.05, 0) is 32.4 Å². The third-order valence-corrected chi connectivity index (χ3v) is 3.50. The fourth-order valence-corrected chi connectivity index (χ4v) is 2.31. The quantitative estimate of drug-likeness (QED) is 0.570. The Morgan fingerprint density at radius 3 is 2.75 bits per heavy atom. The second-order valence-electron chi connectivity index (χ2n) is 4.90. The summed E-state index contributed by atoms with van der Waals surface area (Å²) in [5.74, 6) is 0.840. The average molecular weight is 225 g/mol. The lowest BCUT2D eigenvalue weighted by Crippen LogP contribution is -2.44. The lowest BCUT2D eigenvalue weighted by atomic mass is 9.80. The summed E-state index contributed by atoms with van der Waals surface area (Å²) in [4.78, 5) is 0. The molecule has 2 rings (SSSR count). The molecule has 0 amide bonds. The molecule has 4 nitrogen and oxygen atoms in total. The van der Waals surface area contributed by atoms with E-state index in [9.17, 15) is 0 Å². The third-order valence-electron chi connectivity index (χ3n) is 3.50. The molecule has 2 atom stereocenters. The first-order chi connectivity index (χ1) is 7.78. The summed E-state index contributed by atoms with van der Waals surface area (Å²) >= 11 is 0. The van der Waals surface area contributed by atoms with Gasteiger partial charge in [0.25, 0.3) is 0 Å². The van der Waals surface area contributed by atoms with Crippen LogP contribution in [0.25, 0.3) is 0 Å². The largest absolute Gasteiger partial charge is 0.371 e. The van der Waals surface area contributed by atoms with Gasteiger partial charge in [-0.2, -0.15) is 0 Å². The molecule has 1 saturated carbocycles.